The Labute approximate surface area is 224 Å². The van der Waals surface area contributed by atoms with Crippen molar-refractivity contribution < 1.29 is 24.2 Å². The van der Waals surface area contributed by atoms with E-state index in [0.717, 1.165) is 36.8 Å². The van der Waals surface area contributed by atoms with E-state index in [1.807, 2.05) is 72.8 Å². The Morgan fingerprint density at radius 3 is 2.24 bits per heavy atom. The zero-order chi connectivity index (χ0) is 26.8. The third-order valence-electron chi connectivity index (χ3n) is 7.63. The fourth-order valence-electron chi connectivity index (χ4n) is 5.38. The van der Waals surface area contributed by atoms with Gasteiger partial charge in [-0.1, -0.05) is 85.7 Å². The van der Waals surface area contributed by atoms with Crippen LogP contribution in [0.5, 0.6) is 0 Å². The second kappa shape index (κ2) is 13.4. The number of esters is 1. The molecule has 4 rings (SSSR count). The van der Waals surface area contributed by atoms with Crippen LogP contribution in [0.25, 0.3) is 0 Å². The lowest BCUT2D eigenvalue weighted by Crippen LogP contribution is -2.50. The quantitative estimate of drug-likeness (QED) is 0.379. The zero-order valence-electron chi connectivity index (χ0n) is 21.8. The molecule has 1 heterocycles. The number of carbonyl (C=O) groups is 3. The molecule has 3 atom stereocenters. The van der Waals surface area contributed by atoms with Gasteiger partial charge in [-0.15, -0.1) is 0 Å². The van der Waals surface area contributed by atoms with Gasteiger partial charge in [-0.25, -0.2) is 0 Å². The van der Waals surface area contributed by atoms with Crippen LogP contribution in [0, 0.1) is 11.8 Å². The Morgan fingerprint density at radius 1 is 0.947 bits per heavy atom. The van der Waals surface area contributed by atoms with E-state index in [9.17, 15) is 19.5 Å². The van der Waals surface area contributed by atoms with Crippen LogP contribution >= 0.6 is 0 Å². The van der Waals surface area contributed by atoms with Crippen LogP contribution in [-0.2, 0) is 25.5 Å². The molecule has 7 nitrogen and oxygen atoms in total. The predicted octanol–water partition coefficient (Wildman–Crippen LogP) is 4.02. The molecule has 2 aliphatic rings. The fraction of sp³-hybridized carbons (Fsp3) is 0.452. The minimum Gasteiger partial charge on any atom is -0.455 e. The molecule has 202 valence electrons. The summed E-state index contributed by atoms with van der Waals surface area (Å²) in [6.07, 6.45) is 8.03. The van der Waals surface area contributed by atoms with Gasteiger partial charge in [0.25, 0.3) is 0 Å². The van der Waals surface area contributed by atoms with Crippen molar-refractivity contribution >= 4 is 17.8 Å². The lowest BCUT2D eigenvalue weighted by atomic mass is 9.93. The van der Waals surface area contributed by atoms with Crippen LogP contribution in [0.15, 0.2) is 72.8 Å². The average molecular weight is 519 g/mol. The second-order valence-corrected chi connectivity index (χ2v) is 10.5. The van der Waals surface area contributed by atoms with Gasteiger partial charge in [-0.3, -0.25) is 14.4 Å². The maximum atomic E-state index is 13.3. The summed E-state index contributed by atoms with van der Waals surface area (Å²) in [7, 11) is 0. The number of nitrogens with one attached hydrogen (secondary N) is 2. The first-order valence-electron chi connectivity index (χ1n) is 13.6. The van der Waals surface area contributed by atoms with Crippen molar-refractivity contribution in [2.75, 3.05) is 13.2 Å². The SMILES string of the molecule is O=C(C[C@H]1CC=CC[C@@H](Cc2ccccc2)C(=O)O[C@@H](c2ccccc2)CNC1=O)NC1(CO)CCCC1. The molecule has 38 heavy (non-hydrogen) atoms. The van der Waals surface area contributed by atoms with E-state index in [-0.39, 0.29) is 43.3 Å². The maximum absolute atomic E-state index is 13.3. The van der Waals surface area contributed by atoms with Crippen LogP contribution in [-0.4, -0.2) is 41.6 Å². The smallest absolute Gasteiger partial charge is 0.310 e. The molecule has 1 saturated carbocycles. The number of ether oxygens (including phenoxy) is 1. The first-order chi connectivity index (χ1) is 18.5. The largest absolute Gasteiger partial charge is 0.455 e. The number of amides is 2. The minimum absolute atomic E-state index is 0.0289. The van der Waals surface area contributed by atoms with Gasteiger partial charge < -0.3 is 20.5 Å². The molecule has 3 N–H and O–H groups in total. The Kier molecular flexibility index (Phi) is 9.71. The van der Waals surface area contributed by atoms with Gasteiger partial charge in [0.15, 0.2) is 0 Å². The van der Waals surface area contributed by atoms with Crippen molar-refractivity contribution in [2.24, 2.45) is 11.8 Å². The van der Waals surface area contributed by atoms with Crippen LogP contribution in [0.4, 0.5) is 0 Å². The number of rotatable bonds is 7. The number of aliphatic hydroxyl groups is 1. The molecule has 2 amide bonds. The van der Waals surface area contributed by atoms with Gasteiger partial charge in [-0.05, 0) is 43.2 Å². The minimum atomic E-state index is -0.639. The number of cyclic esters (lactones) is 1. The van der Waals surface area contributed by atoms with Crippen molar-refractivity contribution in [2.45, 2.75) is 63.0 Å². The zero-order valence-corrected chi connectivity index (χ0v) is 21.8. The molecular formula is C31H38N2O5. The van der Waals surface area contributed by atoms with Crippen LogP contribution < -0.4 is 10.6 Å². The molecule has 0 aromatic heterocycles. The summed E-state index contributed by atoms with van der Waals surface area (Å²) >= 11 is 0. The average Bonchev–Trinajstić information content (AvgIpc) is 3.40. The van der Waals surface area contributed by atoms with Crippen LogP contribution in [0.3, 0.4) is 0 Å². The molecule has 2 aromatic carbocycles. The third kappa shape index (κ3) is 7.54. The molecule has 2 aromatic rings. The van der Waals surface area contributed by atoms with E-state index in [1.165, 1.54) is 0 Å². The summed E-state index contributed by atoms with van der Waals surface area (Å²) in [5.41, 5.74) is 1.28. The van der Waals surface area contributed by atoms with E-state index >= 15 is 0 Å². The van der Waals surface area contributed by atoms with Gasteiger partial charge in [0, 0.05) is 6.42 Å². The van der Waals surface area contributed by atoms with Gasteiger partial charge in [0.1, 0.15) is 6.10 Å². The summed E-state index contributed by atoms with van der Waals surface area (Å²) in [5.74, 6) is -1.72. The highest BCUT2D eigenvalue weighted by Gasteiger charge is 2.35. The highest BCUT2D eigenvalue weighted by Crippen LogP contribution is 2.30. The Balaban J connectivity index is 1.52. The van der Waals surface area contributed by atoms with E-state index in [4.69, 9.17) is 4.74 Å². The van der Waals surface area contributed by atoms with Gasteiger partial charge >= 0.3 is 5.97 Å². The topological polar surface area (TPSA) is 105 Å². The van der Waals surface area contributed by atoms with E-state index in [2.05, 4.69) is 10.6 Å². The molecule has 0 radical (unpaired) electrons. The van der Waals surface area contributed by atoms with Gasteiger partial charge in [0.2, 0.25) is 11.8 Å². The summed E-state index contributed by atoms with van der Waals surface area (Å²) in [5, 5.41) is 15.8. The molecule has 1 aliphatic heterocycles. The van der Waals surface area contributed by atoms with E-state index in [1.54, 1.807) is 0 Å². The first kappa shape index (κ1) is 27.6. The lowest BCUT2D eigenvalue weighted by molar-refractivity contribution is -0.154. The standard InChI is InChI=1S/C31H38N2O5/c34-22-31(17-9-10-18-31)33-28(35)20-25-15-7-8-16-26(19-23-11-3-1-4-12-23)30(37)38-27(21-32-29(25)36)24-13-5-2-6-14-24/h1-8,11-14,25-27,34H,9-10,15-22H2,(H,32,36)(H,33,35)/t25-,26+,27-/m1/s1. The number of carbonyl (C=O) groups excluding carboxylic acids is 3. The molecule has 0 bridgehead atoms. The number of aliphatic hydroxyl groups excluding tert-OH is 1. The van der Waals surface area contributed by atoms with Crippen LogP contribution in [0.1, 0.15) is 62.2 Å². The summed E-state index contributed by atoms with van der Waals surface area (Å²) in [6, 6.07) is 19.2. The molecule has 7 heteroatoms. The Bertz CT molecular complexity index is 1100. The molecule has 1 aliphatic carbocycles. The van der Waals surface area contributed by atoms with Crippen LogP contribution in [0.2, 0.25) is 0 Å². The Hall–Kier alpha value is -3.45. The number of hydrogen-bond acceptors (Lipinski definition) is 5. The van der Waals surface area contributed by atoms with E-state index < -0.39 is 17.6 Å². The first-order valence-corrected chi connectivity index (χ1v) is 13.6. The third-order valence-corrected chi connectivity index (χ3v) is 7.63. The number of benzene rings is 2. The summed E-state index contributed by atoms with van der Waals surface area (Å²) < 4.78 is 5.98. The second-order valence-electron chi connectivity index (χ2n) is 10.5. The normalized spacial score (nSPS) is 24.0. The van der Waals surface area contributed by atoms with Crippen molar-refractivity contribution in [3.05, 3.63) is 83.9 Å². The van der Waals surface area contributed by atoms with Crippen molar-refractivity contribution in [1.82, 2.24) is 10.6 Å². The molecule has 0 saturated heterocycles. The van der Waals surface area contributed by atoms with Gasteiger partial charge in [-0.2, -0.15) is 0 Å². The lowest BCUT2D eigenvalue weighted by Gasteiger charge is -2.29. The van der Waals surface area contributed by atoms with Crippen molar-refractivity contribution in [3.8, 4) is 0 Å². The summed E-state index contributed by atoms with van der Waals surface area (Å²) in [6.45, 7) is 0.0253. The molecule has 0 unspecified atom stereocenters. The monoisotopic (exact) mass is 518 g/mol. The van der Waals surface area contributed by atoms with E-state index in [0.29, 0.717) is 19.3 Å². The highest BCUT2D eigenvalue weighted by molar-refractivity contribution is 5.86. The molecule has 0 spiro atoms. The molecule has 1 fully saturated rings. The number of hydrogen-bond donors (Lipinski definition) is 3. The number of allylic oxidation sites excluding steroid dienone is 2. The fourth-order valence-corrected chi connectivity index (χ4v) is 5.38. The predicted molar refractivity (Wildman–Crippen MR) is 145 cm³/mol. The van der Waals surface area contributed by atoms with Gasteiger partial charge in [0.05, 0.1) is 30.5 Å². The summed E-state index contributed by atoms with van der Waals surface area (Å²) in [4.78, 5) is 39.4. The maximum Gasteiger partial charge on any atom is 0.310 e. The Morgan fingerprint density at radius 2 is 1.58 bits per heavy atom. The highest BCUT2D eigenvalue weighted by atomic mass is 16.5. The van der Waals surface area contributed by atoms with Crippen molar-refractivity contribution in [1.29, 1.82) is 0 Å². The van der Waals surface area contributed by atoms with Crippen molar-refractivity contribution in [3.63, 3.8) is 0 Å². The molecular weight excluding hydrogens is 480 g/mol.